The largest absolute Gasteiger partial charge is 0.262 e. The summed E-state index contributed by atoms with van der Waals surface area (Å²) in [7, 11) is 1.41. The van der Waals surface area contributed by atoms with Gasteiger partial charge in [0.15, 0.2) is 0 Å². The van der Waals surface area contributed by atoms with Crippen LogP contribution in [0.3, 0.4) is 0 Å². The van der Waals surface area contributed by atoms with E-state index in [1.54, 1.807) is 18.2 Å². The van der Waals surface area contributed by atoms with E-state index in [2.05, 4.69) is 6.58 Å². The van der Waals surface area contributed by atoms with Gasteiger partial charge in [0.1, 0.15) is 4.90 Å². The molecule has 1 rings (SSSR count). The Morgan fingerprint density at radius 2 is 2.07 bits per heavy atom. The Balaban J connectivity index is 3.21. The lowest BCUT2D eigenvalue weighted by molar-refractivity contribution is 0.609. The maximum Gasteiger partial charge on any atom is 0.262 e. The van der Waals surface area contributed by atoms with Crippen LogP contribution in [0.1, 0.15) is 5.56 Å². The zero-order valence-corrected chi connectivity index (χ0v) is 9.53. The molecular formula is C9H8Cl2O2S. The molecule has 0 saturated carbocycles. The summed E-state index contributed by atoms with van der Waals surface area (Å²) < 4.78 is 22.0. The lowest BCUT2D eigenvalue weighted by atomic mass is 10.1. The van der Waals surface area contributed by atoms with Gasteiger partial charge in [-0.05, 0) is 24.1 Å². The molecule has 0 aromatic heterocycles. The van der Waals surface area contributed by atoms with E-state index in [4.69, 9.17) is 22.3 Å². The summed E-state index contributed by atoms with van der Waals surface area (Å²) >= 11 is 5.75. The predicted octanol–water partition coefficient (Wildman–Crippen LogP) is 3.00. The number of halogens is 2. The van der Waals surface area contributed by atoms with E-state index in [1.807, 2.05) is 0 Å². The van der Waals surface area contributed by atoms with Crippen LogP contribution in [0, 0.1) is 0 Å². The van der Waals surface area contributed by atoms with Crippen LogP contribution in [0.15, 0.2) is 35.7 Å². The fourth-order valence-electron chi connectivity index (χ4n) is 1.04. The number of benzene rings is 1. The molecule has 0 aliphatic carbocycles. The fraction of sp³-hybridized carbons (Fsp3) is 0.111. The molecular weight excluding hydrogens is 243 g/mol. The van der Waals surface area contributed by atoms with E-state index in [0.29, 0.717) is 6.42 Å². The van der Waals surface area contributed by atoms with Gasteiger partial charge >= 0.3 is 0 Å². The first-order valence-corrected chi connectivity index (χ1v) is 6.48. The summed E-state index contributed by atoms with van der Waals surface area (Å²) in [5.74, 6) is 0. The van der Waals surface area contributed by atoms with Crippen LogP contribution in [0.2, 0.25) is 5.02 Å². The molecule has 0 amide bonds. The summed E-state index contributed by atoms with van der Waals surface area (Å²) in [6.45, 7) is 3.57. The van der Waals surface area contributed by atoms with E-state index in [0.717, 1.165) is 5.56 Å². The molecule has 0 spiro atoms. The maximum absolute atomic E-state index is 11.0. The van der Waals surface area contributed by atoms with E-state index in [-0.39, 0.29) is 9.92 Å². The topological polar surface area (TPSA) is 34.1 Å². The second-order valence-corrected chi connectivity index (χ2v) is 5.64. The summed E-state index contributed by atoms with van der Waals surface area (Å²) in [6, 6.07) is 4.62. The minimum atomic E-state index is -3.75. The van der Waals surface area contributed by atoms with Crippen molar-refractivity contribution < 1.29 is 8.42 Å². The Labute approximate surface area is 92.6 Å². The second kappa shape index (κ2) is 4.34. The van der Waals surface area contributed by atoms with E-state index in [9.17, 15) is 8.42 Å². The highest BCUT2D eigenvalue weighted by atomic mass is 35.7. The maximum atomic E-state index is 11.0. The van der Waals surface area contributed by atoms with Crippen molar-refractivity contribution >= 4 is 31.3 Å². The molecule has 0 heterocycles. The van der Waals surface area contributed by atoms with Crippen molar-refractivity contribution in [3.63, 3.8) is 0 Å². The first kappa shape index (κ1) is 11.6. The molecule has 0 radical (unpaired) electrons. The van der Waals surface area contributed by atoms with Crippen molar-refractivity contribution in [2.24, 2.45) is 0 Å². The Hall–Kier alpha value is -0.510. The molecule has 0 fully saturated rings. The zero-order chi connectivity index (χ0) is 10.8. The molecule has 5 heteroatoms. The van der Waals surface area contributed by atoms with Crippen LogP contribution < -0.4 is 0 Å². The lowest BCUT2D eigenvalue weighted by Gasteiger charge is -2.02. The first-order valence-electron chi connectivity index (χ1n) is 3.79. The normalized spacial score (nSPS) is 11.3. The molecule has 0 saturated heterocycles. The van der Waals surface area contributed by atoms with Crippen molar-refractivity contribution in [1.29, 1.82) is 0 Å². The molecule has 0 bridgehead atoms. The minimum Gasteiger partial charge on any atom is -0.207 e. The van der Waals surface area contributed by atoms with Crippen molar-refractivity contribution in [3.8, 4) is 0 Å². The van der Waals surface area contributed by atoms with Gasteiger partial charge in [-0.2, -0.15) is 0 Å². The number of allylic oxidation sites excluding steroid dienone is 1. The van der Waals surface area contributed by atoms with E-state index < -0.39 is 9.05 Å². The van der Waals surface area contributed by atoms with Crippen LogP contribution >= 0.6 is 22.3 Å². The summed E-state index contributed by atoms with van der Waals surface area (Å²) in [5, 5.41) is 0.138. The summed E-state index contributed by atoms with van der Waals surface area (Å²) in [6.07, 6.45) is 2.35. The highest BCUT2D eigenvalue weighted by Crippen LogP contribution is 2.25. The molecule has 0 aliphatic heterocycles. The molecule has 0 aliphatic rings. The smallest absolute Gasteiger partial charge is 0.207 e. The van der Waals surface area contributed by atoms with Crippen LogP contribution in [0.4, 0.5) is 0 Å². The minimum absolute atomic E-state index is 0.0614. The summed E-state index contributed by atoms with van der Waals surface area (Å²) in [5.41, 5.74) is 0.897. The monoisotopic (exact) mass is 250 g/mol. The Kier molecular flexibility index (Phi) is 3.59. The highest BCUT2D eigenvalue weighted by Gasteiger charge is 2.14. The molecule has 0 atom stereocenters. The van der Waals surface area contributed by atoms with Crippen LogP contribution in [0.25, 0.3) is 0 Å². The van der Waals surface area contributed by atoms with Gasteiger partial charge in [0, 0.05) is 10.7 Å². The molecule has 1 aromatic rings. The van der Waals surface area contributed by atoms with E-state index in [1.165, 1.54) is 6.07 Å². The van der Waals surface area contributed by atoms with Gasteiger partial charge in [0.05, 0.1) is 5.02 Å². The lowest BCUT2D eigenvalue weighted by Crippen LogP contribution is -1.93. The SMILES string of the molecule is C=CCc1ccc(S(=O)(=O)Cl)c(Cl)c1. The average molecular weight is 251 g/mol. The molecule has 2 nitrogen and oxygen atoms in total. The molecule has 76 valence electrons. The van der Waals surface area contributed by atoms with Crippen molar-refractivity contribution in [1.82, 2.24) is 0 Å². The third kappa shape index (κ3) is 2.74. The highest BCUT2D eigenvalue weighted by molar-refractivity contribution is 8.13. The van der Waals surface area contributed by atoms with Crippen molar-refractivity contribution in [2.45, 2.75) is 11.3 Å². The second-order valence-electron chi connectivity index (χ2n) is 2.70. The quantitative estimate of drug-likeness (QED) is 0.611. The Morgan fingerprint density at radius 3 is 2.50 bits per heavy atom. The standard InChI is InChI=1S/C9H8Cl2O2S/c1-2-3-7-4-5-9(8(10)6-7)14(11,12)13/h2,4-6H,1,3H2. The van der Waals surface area contributed by atoms with Crippen molar-refractivity contribution in [2.75, 3.05) is 0 Å². The van der Waals surface area contributed by atoms with Gasteiger partial charge in [-0.15, -0.1) is 6.58 Å². The number of hydrogen-bond acceptors (Lipinski definition) is 2. The van der Waals surface area contributed by atoms with Gasteiger partial charge < -0.3 is 0 Å². The zero-order valence-electron chi connectivity index (χ0n) is 7.20. The number of rotatable bonds is 3. The van der Waals surface area contributed by atoms with Crippen LogP contribution in [0.5, 0.6) is 0 Å². The fourth-order valence-corrected chi connectivity index (χ4v) is 2.59. The first-order chi connectivity index (χ1) is 6.45. The van der Waals surface area contributed by atoms with Gasteiger partial charge in [-0.3, -0.25) is 0 Å². The van der Waals surface area contributed by atoms with Gasteiger partial charge in [-0.1, -0.05) is 23.7 Å². The van der Waals surface area contributed by atoms with Crippen molar-refractivity contribution in [3.05, 3.63) is 41.4 Å². The third-order valence-corrected chi connectivity index (χ3v) is 3.44. The van der Waals surface area contributed by atoms with Gasteiger partial charge in [0.2, 0.25) is 0 Å². The molecule has 14 heavy (non-hydrogen) atoms. The predicted molar refractivity (Wildman–Crippen MR) is 58.4 cm³/mol. The number of hydrogen-bond donors (Lipinski definition) is 0. The van der Waals surface area contributed by atoms with Gasteiger partial charge in [0.25, 0.3) is 9.05 Å². The Morgan fingerprint density at radius 1 is 1.43 bits per heavy atom. The third-order valence-electron chi connectivity index (χ3n) is 1.64. The van der Waals surface area contributed by atoms with Gasteiger partial charge in [-0.25, -0.2) is 8.42 Å². The van der Waals surface area contributed by atoms with Crippen LogP contribution in [-0.2, 0) is 15.5 Å². The Bertz CT molecular complexity index is 452. The molecule has 1 aromatic carbocycles. The van der Waals surface area contributed by atoms with E-state index >= 15 is 0 Å². The van der Waals surface area contributed by atoms with Crippen LogP contribution in [-0.4, -0.2) is 8.42 Å². The summed E-state index contributed by atoms with van der Waals surface area (Å²) in [4.78, 5) is -0.0614. The average Bonchev–Trinajstić information content (AvgIpc) is 2.02. The molecule has 0 unspecified atom stereocenters. The molecule has 0 N–H and O–H groups in total.